The first-order valence-corrected chi connectivity index (χ1v) is 9.90. The van der Waals surface area contributed by atoms with Crippen LogP contribution in [0.3, 0.4) is 0 Å². The van der Waals surface area contributed by atoms with Crippen LogP contribution < -0.4 is 14.2 Å². The van der Waals surface area contributed by atoms with Crippen molar-refractivity contribution >= 4 is 27.8 Å². The molecule has 0 saturated heterocycles. The van der Waals surface area contributed by atoms with Gasteiger partial charge in [0, 0.05) is 6.08 Å². The highest BCUT2D eigenvalue weighted by atomic mass is 32.2. The molecule has 2 aliphatic rings. The van der Waals surface area contributed by atoms with Crippen molar-refractivity contribution in [1.82, 2.24) is 0 Å². The van der Waals surface area contributed by atoms with Gasteiger partial charge >= 0.3 is 5.97 Å². The van der Waals surface area contributed by atoms with Crippen molar-refractivity contribution in [3.63, 3.8) is 0 Å². The summed E-state index contributed by atoms with van der Waals surface area (Å²) >= 11 is 0. The molecule has 4 rings (SSSR count). The first-order valence-electron chi connectivity index (χ1n) is 8.41. The fraction of sp³-hybridized carbons (Fsp3) is 0.211. The molecule has 0 spiro atoms. The van der Waals surface area contributed by atoms with Crippen molar-refractivity contribution in [3.05, 3.63) is 54.1 Å². The van der Waals surface area contributed by atoms with Crippen molar-refractivity contribution in [3.8, 4) is 11.5 Å². The highest BCUT2D eigenvalue weighted by molar-refractivity contribution is 7.92. The van der Waals surface area contributed by atoms with E-state index < -0.39 is 16.0 Å². The Balaban J connectivity index is 1.61. The lowest BCUT2D eigenvalue weighted by Crippen LogP contribution is -2.13. The number of ether oxygens (including phenoxy) is 3. The molecule has 0 aromatic heterocycles. The van der Waals surface area contributed by atoms with Crippen LogP contribution in [0, 0.1) is 0 Å². The van der Waals surface area contributed by atoms with Crippen molar-refractivity contribution in [2.24, 2.45) is 0 Å². The van der Waals surface area contributed by atoms with Crippen molar-refractivity contribution in [2.45, 2.75) is 23.8 Å². The quantitative estimate of drug-likeness (QED) is 0.605. The molecular weight excluding hydrogens is 370 g/mol. The van der Waals surface area contributed by atoms with Crippen LogP contribution in [-0.4, -0.2) is 27.3 Å². The smallest absolute Gasteiger partial charge is 0.331 e. The lowest BCUT2D eigenvalue weighted by molar-refractivity contribution is -0.138. The molecule has 1 fully saturated rings. The third-order valence-corrected chi connectivity index (χ3v) is 5.39. The van der Waals surface area contributed by atoms with E-state index in [1.165, 1.54) is 18.2 Å². The minimum absolute atomic E-state index is 0.00765. The average Bonchev–Trinajstić information content (AvgIpc) is 3.33. The summed E-state index contributed by atoms with van der Waals surface area (Å²) in [6, 6.07) is 11.3. The number of anilines is 1. The Morgan fingerprint density at radius 3 is 2.67 bits per heavy atom. The number of sulfonamides is 1. The van der Waals surface area contributed by atoms with E-state index in [1.54, 1.807) is 36.4 Å². The molecule has 1 N–H and O–H groups in total. The van der Waals surface area contributed by atoms with Gasteiger partial charge in [0.1, 0.15) is 6.10 Å². The van der Waals surface area contributed by atoms with Gasteiger partial charge in [-0.05, 0) is 48.7 Å². The lowest BCUT2D eigenvalue weighted by atomic mass is 10.1. The molecular formula is C19H17NO6S. The second-order valence-corrected chi connectivity index (χ2v) is 7.87. The lowest BCUT2D eigenvalue weighted by Gasteiger charge is -2.11. The van der Waals surface area contributed by atoms with Gasteiger partial charge in [0.15, 0.2) is 11.5 Å². The molecule has 140 valence electrons. The standard InChI is InChI=1S/C19H17NO6S/c21-18(26-14-7-8-14)9-6-13-10-16(19-17(11-13)24-12-25-19)20-27(22,23)15-4-2-1-3-5-15/h1-6,9-11,14,20H,7-8,12H2. The first kappa shape index (κ1) is 17.4. The SMILES string of the molecule is O=C(C=Cc1cc(NS(=O)(=O)c2ccccc2)c2c(c1)OCO2)OC1CC1. The van der Waals surface area contributed by atoms with E-state index in [9.17, 15) is 13.2 Å². The minimum Gasteiger partial charge on any atom is -0.459 e. The highest BCUT2D eigenvalue weighted by Crippen LogP contribution is 2.41. The second kappa shape index (κ2) is 6.96. The van der Waals surface area contributed by atoms with E-state index in [4.69, 9.17) is 14.2 Å². The fourth-order valence-corrected chi connectivity index (χ4v) is 3.64. The predicted molar refractivity (Wildman–Crippen MR) is 98.0 cm³/mol. The summed E-state index contributed by atoms with van der Waals surface area (Å²) in [5, 5.41) is 0. The van der Waals surface area contributed by atoms with Crippen LogP contribution in [0.1, 0.15) is 18.4 Å². The van der Waals surface area contributed by atoms with E-state index in [2.05, 4.69) is 4.72 Å². The van der Waals surface area contributed by atoms with Crippen LogP contribution in [0.5, 0.6) is 11.5 Å². The molecule has 0 bridgehead atoms. The van der Waals surface area contributed by atoms with Crippen LogP contribution in [-0.2, 0) is 19.6 Å². The molecule has 0 radical (unpaired) electrons. The van der Waals surface area contributed by atoms with Gasteiger partial charge in [0.05, 0.1) is 10.6 Å². The highest BCUT2D eigenvalue weighted by Gasteiger charge is 2.25. The Labute approximate surface area is 156 Å². The molecule has 2 aromatic carbocycles. The summed E-state index contributed by atoms with van der Waals surface area (Å²) in [6.07, 6.45) is 4.68. The molecule has 7 nitrogen and oxygen atoms in total. The second-order valence-electron chi connectivity index (χ2n) is 6.19. The Morgan fingerprint density at radius 1 is 1.15 bits per heavy atom. The van der Waals surface area contributed by atoms with E-state index in [0.29, 0.717) is 17.1 Å². The third-order valence-electron chi connectivity index (χ3n) is 4.01. The predicted octanol–water partition coefficient (Wildman–Crippen LogP) is 2.93. The summed E-state index contributed by atoms with van der Waals surface area (Å²) in [4.78, 5) is 11.9. The molecule has 2 aromatic rings. The van der Waals surface area contributed by atoms with E-state index >= 15 is 0 Å². The minimum atomic E-state index is -3.79. The molecule has 8 heteroatoms. The number of carbonyl (C=O) groups excluding carboxylic acids is 1. The zero-order chi connectivity index (χ0) is 18.9. The maximum Gasteiger partial charge on any atom is 0.331 e. The summed E-state index contributed by atoms with van der Waals surface area (Å²) in [5.41, 5.74) is 0.821. The molecule has 1 aliphatic carbocycles. The van der Waals surface area contributed by atoms with E-state index in [1.807, 2.05) is 0 Å². The molecule has 1 saturated carbocycles. The van der Waals surface area contributed by atoms with Crippen LogP contribution in [0.2, 0.25) is 0 Å². The number of rotatable bonds is 6. The Bertz CT molecular complexity index is 996. The summed E-state index contributed by atoms with van der Waals surface area (Å²) < 4.78 is 43.7. The summed E-state index contributed by atoms with van der Waals surface area (Å²) in [5.74, 6) is 0.285. The summed E-state index contributed by atoms with van der Waals surface area (Å²) in [7, 11) is -3.79. The number of esters is 1. The fourth-order valence-electron chi connectivity index (χ4n) is 2.56. The third kappa shape index (κ3) is 4.06. The molecule has 0 unspecified atom stereocenters. The molecule has 1 heterocycles. The van der Waals surface area contributed by atoms with Gasteiger partial charge in [0.2, 0.25) is 6.79 Å². The van der Waals surface area contributed by atoms with E-state index in [0.717, 1.165) is 12.8 Å². The molecule has 27 heavy (non-hydrogen) atoms. The number of nitrogens with one attached hydrogen (secondary N) is 1. The largest absolute Gasteiger partial charge is 0.459 e. The van der Waals surface area contributed by atoms with Crippen LogP contribution in [0.4, 0.5) is 5.69 Å². The van der Waals surface area contributed by atoms with E-state index in [-0.39, 0.29) is 23.5 Å². The number of fused-ring (bicyclic) bond motifs is 1. The number of hydrogen-bond donors (Lipinski definition) is 1. The van der Waals surface area contributed by atoms with Crippen LogP contribution in [0.15, 0.2) is 53.4 Å². The first-order chi connectivity index (χ1) is 13.0. The monoisotopic (exact) mass is 387 g/mol. The maximum absolute atomic E-state index is 12.6. The van der Waals surface area contributed by atoms with Crippen molar-refractivity contribution in [2.75, 3.05) is 11.5 Å². The Hall–Kier alpha value is -3.00. The average molecular weight is 387 g/mol. The molecule has 0 atom stereocenters. The molecule has 0 amide bonds. The number of hydrogen-bond acceptors (Lipinski definition) is 6. The number of carbonyl (C=O) groups is 1. The van der Waals surface area contributed by atoms with Crippen LogP contribution in [0.25, 0.3) is 6.08 Å². The van der Waals surface area contributed by atoms with Gasteiger partial charge < -0.3 is 14.2 Å². The summed E-state index contributed by atoms with van der Waals surface area (Å²) in [6.45, 7) is -0.00765. The Kier molecular flexibility index (Phi) is 4.49. The maximum atomic E-state index is 12.6. The zero-order valence-corrected chi connectivity index (χ0v) is 15.1. The number of benzene rings is 2. The van der Waals surface area contributed by atoms with Crippen molar-refractivity contribution < 1.29 is 27.4 Å². The van der Waals surface area contributed by atoms with Gasteiger partial charge in [-0.1, -0.05) is 18.2 Å². The zero-order valence-electron chi connectivity index (χ0n) is 14.3. The van der Waals surface area contributed by atoms with Gasteiger partial charge in [-0.2, -0.15) is 0 Å². The topological polar surface area (TPSA) is 90.9 Å². The van der Waals surface area contributed by atoms with Crippen LogP contribution >= 0.6 is 0 Å². The van der Waals surface area contributed by atoms with Gasteiger partial charge in [0.25, 0.3) is 10.0 Å². The Morgan fingerprint density at radius 2 is 1.93 bits per heavy atom. The van der Waals surface area contributed by atoms with Gasteiger partial charge in [-0.15, -0.1) is 0 Å². The van der Waals surface area contributed by atoms with Gasteiger partial charge in [-0.25, -0.2) is 13.2 Å². The van der Waals surface area contributed by atoms with Gasteiger partial charge in [-0.3, -0.25) is 4.72 Å². The normalized spacial score (nSPS) is 15.7. The van der Waals surface area contributed by atoms with Crippen molar-refractivity contribution in [1.29, 1.82) is 0 Å². The molecule has 1 aliphatic heterocycles.